The lowest BCUT2D eigenvalue weighted by molar-refractivity contribution is 0.102. The summed E-state index contributed by atoms with van der Waals surface area (Å²) in [5.74, 6) is 0.245. The van der Waals surface area contributed by atoms with Crippen LogP contribution in [0.4, 0.5) is 5.69 Å². The minimum absolute atomic E-state index is 0.268. The first-order valence-corrected chi connectivity index (χ1v) is 8.47. The number of nitrogens with one attached hydrogen (secondary N) is 1. The fourth-order valence-electron chi connectivity index (χ4n) is 1.72. The number of anilines is 1. The maximum Gasteiger partial charge on any atom is 0.256 e. The van der Waals surface area contributed by atoms with E-state index in [1.807, 2.05) is 6.07 Å². The van der Waals surface area contributed by atoms with Crippen LogP contribution in [-0.2, 0) is 0 Å². The quantitative estimate of drug-likeness (QED) is 0.574. The van der Waals surface area contributed by atoms with Crippen LogP contribution in [0.25, 0.3) is 0 Å². The van der Waals surface area contributed by atoms with Crippen molar-refractivity contribution in [2.75, 3.05) is 12.4 Å². The number of carbonyl (C=O) groups excluding carboxylic acids is 1. The molecule has 0 atom stereocenters. The lowest BCUT2D eigenvalue weighted by Crippen LogP contribution is -2.13. The minimum Gasteiger partial charge on any atom is -0.493 e. The summed E-state index contributed by atoms with van der Waals surface area (Å²) in [6.07, 6.45) is 0. The van der Waals surface area contributed by atoms with Gasteiger partial charge < -0.3 is 10.1 Å². The predicted octanol–water partition coefficient (Wildman–Crippen LogP) is 5.89. The molecular formula is C14H9Br3ClNO2. The highest BCUT2D eigenvalue weighted by Gasteiger charge is 2.15. The Hall–Kier alpha value is -0.560. The molecule has 0 spiro atoms. The van der Waals surface area contributed by atoms with Gasteiger partial charge >= 0.3 is 0 Å². The van der Waals surface area contributed by atoms with E-state index in [2.05, 4.69) is 53.1 Å². The molecule has 0 aliphatic rings. The average Bonchev–Trinajstić information content (AvgIpc) is 2.41. The Balaban J connectivity index is 2.38. The largest absolute Gasteiger partial charge is 0.493 e. The van der Waals surface area contributed by atoms with E-state index in [4.69, 9.17) is 16.3 Å². The molecule has 0 bridgehead atoms. The molecule has 21 heavy (non-hydrogen) atoms. The molecule has 0 unspecified atom stereocenters. The maximum absolute atomic E-state index is 12.4. The van der Waals surface area contributed by atoms with Gasteiger partial charge in [0.25, 0.3) is 5.91 Å². The second kappa shape index (κ2) is 7.13. The van der Waals surface area contributed by atoms with E-state index in [9.17, 15) is 4.79 Å². The summed E-state index contributed by atoms with van der Waals surface area (Å²) in [6.45, 7) is 0. The van der Waals surface area contributed by atoms with Crippen LogP contribution in [0.2, 0.25) is 5.02 Å². The highest BCUT2D eigenvalue weighted by Crippen LogP contribution is 2.36. The van der Waals surface area contributed by atoms with E-state index in [0.717, 1.165) is 4.47 Å². The number of rotatable bonds is 3. The van der Waals surface area contributed by atoms with E-state index >= 15 is 0 Å². The Morgan fingerprint density at radius 3 is 2.52 bits per heavy atom. The maximum atomic E-state index is 12.4. The highest BCUT2D eigenvalue weighted by atomic mass is 79.9. The van der Waals surface area contributed by atoms with E-state index in [-0.39, 0.29) is 5.91 Å². The molecule has 0 fully saturated rings. The Kier molecular flexibility index (Phi) is 5.71. The number of ether oxygens (including phenoxy) is 1. The summed E-state index contributed by atoms with van der Waals surface area (Å²) in [7, 11) is 1.53. The van der Waals surface area contributed by atoms with Crippen molar-refractivity contribution in [3.63, 3.8) is 0 Å². The minimum atomic E-state index is -0.268. The normalized spacial score (nSPS) is 10.3. The summed E-state index contributed by atoms with van der Waals surface area (Å²) in [4.78, 5) is 12.4. The Bertz CT molecular complexity index is 707. The van der Waals surface area contributed by atoms with Gasteiger partial charge in [0.05, 0.1) is 22.8 Å². The fourth-order valence-corrected chi connectivity index (χ4v) is 3.48. The summed E-state index contributed by atoms with van der Waals surface area (Å²) in [5.41, 5.74) is 0.997. The lowest BCUT2D eigenvalue weighted by atomic mass is 10.2. The number of carbonyl (C=O) groups is 1. The summed E-state index contributed by atoms with van der Waals surface area (Å²) in [6, 6.07) is 8.70. The first kappa shape index (κ1) is 16.8. The van der Waals surface area contributed by atoms with Gasteiger partial charge in [-0.2, -0.15) is 0 Å². The van der Waals surface area contributed by atoms with Crippen molar-refractivity contribution in [2.45, 2.75) is 0 Å². The molecule has 2 rings (SSSR count). The van der Waals surface area contributed by atoms with Crippen LogP contribution in [0, 0.1) is 0 Å². The van der Waals surface area contributed by atoms with Gasteiger partial charge in [-0.1, -0.05) is 27.5 Å². The van der Waals surface area contributed by atoms with Crippen LogP contribution < -0.4 is 10.1 Å². The van der Waals surface area contributed by atoms with Crippen molar-refractivity contribution < 1.29 is 9.53 Å². The molecule has 0 radical (unpaired) electrons. The van der Waals surface area contributed by atoms with Gasteiger partial charge in [0.2, 0.25) is 0 Å². The first-order valence-electron chi connectivity index (χ1n) is 5.72. The number of hydrogen-bond acceptors (Lipinski definition) is 2. The van der Waals surface area contributed by atoms with Gasteiger partial charge in [-0.05, 0) is 62.2 Å². The van der Waals surface area contributed by atoms with Crippen molar-refractivity contribution in [3.05, 3.63) is 54.3 Å². The molecule has 0 aromatic heterocycles. The number of methoxy groups -OCH3 is 1. The number of halogens is 4. The van der Waals surface area contributed by atoms with Gasteiger partial charge in [0.15, 0.2) is 5.75 Å². The summed E-state index contributed by atoms with van der Waals surface area (Å²) >= 11 is 16.1. The van der Waals surface area contributed by atoms with Gasteiger partial charge in [0, 0.05) is 14.0 Å². The third kappa shape index (κ3) is 4.00. The third-order valence-electron chi connectivity index (χ3n) is 2.63. The van der Waals surface area contributed by atoms with Crippen molar-refractivity contribution in [1.29, 1.82) is 0 Å². The molecule has 1 amide bonds. The highest BCUT2D eigenvalue weighted by molar-refractivity contribution is 9.11. The van der Waals surface area contributed by atoms with Gasteiger partial charge in [-0.25, -0.2) is 0 Å². The molecule has 7 heteroatoms. The number of amides is 1. The van der Waals surface area contributed by atoms with Gasteiger partial charge in [0.1, 0.15) is 0 Å². The third-order valence-corrected chi connectivity index (χ3v) is 4.63. The molecule has 0 saturated carbocycles. The van der Waals surface area contributed by atoms with Gasteiger partial charge in [-0.15, -0.1) is 0 Å². The summed E-state index contributed by atoms with van der Waals surface area (Å²) in [5, 5.41) is 3.29. The number of benzene rings is 2. The zero-order chi connectivity index (χ0) is 15.6. The van der Waals surface area contributed by atoms with Crippen LogP contribution >= 0.6 is 59.4 Å². The molecule has 0 saturated heterocycles. The van der Waals surface area contributed by atoms with Crippen LogP contribution in [0.3, 0.4) is 0 Å². The van der Waals surface area contributed by atoms with E-state index in [1.54, 1.807) is 24.3 Å². The van der Waals surface area contributed by atoms with Crippen molar-refractivity contribution in [3.8, 4) is 5.75 Å². The Morgan fingerprint density at radius 2 is 1.86 bits per heavy atom. The second-order valence-corrected chi connectivity index (χ2v) is 7.11. The SMILES string of the molecule is COc1c(Br)cc(Cl)cc1NC(=O)c1cc(Br)ccc1Br. The zero-order valence-corrected chi connectivity index (χ0v) is 16.2. The molecule has 2 aromatic rings. The second-order valence-electron chi connectivity index (χ2n) is 4.05. The first-order chi connectivity index (χ1) is 9.92. The topological polar surface area (TPSA) is 38.3 Å². The Labute approximate surface area is 152 Å². The van der Waals surface area contributed by atoms with Crippen LogP contribution in [0.1, 0.15) is 10.4 Å². The molecule has 110 valence electrons. The van der Waals surface area contributed by atoms with E-state index < -0.39 is 0 Å². The molecule has 2 aromatic carbocycles. The van der Waals surface area contributed by atoms with E-state index in [0.29, 0.717) is 31.0 Å². The lowest BCUT2D eigenvalue weighted by Gasteiger charge is -2.13. The van der Waals surface area contributed by atoms with E-state index in [1.165, 1.54) is 7.11 Å². The molecule has 3 nitrogen and oxygen atoms in total. The monoisotopic (exact) mass is 495 g/mol. The zero-order valence-electron chi connectivity index (χ0n) is 10.7. The smallest absolute Gasteiger partial charge is 0.256 e. The summed E-state index contributed by atoms with van der Waals surface area (Å²) < 4.78 is 7.46. The van der Waals surface area contributed by atoms with Crippen molar-refractivity contribution in [2.24, 2.45) is 0 Å². The van der Waals surface area contributed by atoms with Crippen LogP contribution in [0.15, 0.2) is 43.7 Å². The molecule has 0 heterocycles. The standard InChI is InChI=1S/C14H9Br3ClNO2/c1-21-13-11(17)5-8(18)6-12(13)19-14(20)9-4-7(15)2-3-10(9)16/h2-6H,1H3,(H,19,20). The van der Waals surface area contributed by atoms with Crippen LogP contribution in [0.5, 0.6) is 5.75 Å². The van der Waals surface area contributed by atoms with Crippen molar-refractivity contribution in [1.82, 2.24) is 0 Å². The predicted molar refractivity (Wildman–Crippen MR) is 95.5 cm³/mol. The molecule has 1 N–H and O–H groups in total. The fraction of sp³-hybridized carbons (Fsp3) is 0.0714. The van der Waals surface area contributed by atoms with Crippen LogP contribution in [-0.4, -0.2) is 13.0 Å². The molecule has 0 aliphatic heterocycles. The molecular weight excluding hydrogens is 489 g/mol. The average molecular weight is 498 g/mol. The van der Waals surface area contributed by atoms with Gasteiger partial charge in [-0.3, -0.25) is 4.79 Å². The molecule has 0 aliphatic carbocycles. The number of hydrogen-bond donors (Lipinski definition) is 1. The Morgan fingerprint density at radius 1 is 1.14 bits per heavy atom. The van der Waals surface area contributed by atoms with Crippen molar-refractivity contribution >= 4 is 71.0 Å².